The molecule has 18 heteroatoms. The van der Waals surface area contributed by atoms with Crippen molar-refractivity contribution in [3.63, 3.8) is 0 Å². The monoisotopic (exact) mass is 753 g/mol. The molecule has 4 fully saturated rings. The van der Waals surface area contributed by atoms with Crippen LogP contribution in [-0.2, 0) is 10.9 Å². The fourth-order valence-corrected chi connectivity index (χ4v) is 9.02. The highest BCUT2D eigenvalue weighted by Crippen LogP contribution is 2.49. The average molecular weight is 754 g/mol. The SMILES string of the molecule is C[C@@H]1Oc2nc(-c3cc(N)c(F)c(F)c3C(F)(F)F)c(F)c3nc(OC[C@@]45CCCN4C[C@H](F)C5)nc(c23)N2C[C@H]3CC[C@@H]([C@@H]12)N3C(=O)OC(C)(C)C. The second-order valence-corrected chi connectivity index (χ2v) is 15.7. The summed E-state index contributed by atoms with van der Waals surface area (Å²) in [5.41, 5.74) is -1.74. The molecule has 286 valence electrons. The minimum Gasteiger partial charge on any atom is -0.472 e. The van der Waals surface area contributed by atoms with Gasteiger partial charge in [0.25, 0.3) is 0 Å². The zero-order valence-corrected chi connectivity index (χ0v) is 29.4. The lowest BCUT2D eigenvalue weighted by atomic mass is 9.95. The minimum absolute atomic E-state index is 0.0449. The van der Waals surface area contributed by atoms with Gasteiger partial charge in [-0.2, -0.15) is 23.1 Å². The fourth-order valence-electron chi connectivity index (χ4n) is 9.02. The van der Waals surface area contributed by atoms with Crippen molar-refractivity contribution in [2.75, 3.05) is 36.9 Å². The Bertz CT molecular complexity index is 2010. The van der Waals surface area contributed by atoms with Crippen LogP contribution in [0, 0.1) is 17.5 Å². The number of hydrogen-bond donors (Lipinski definition) is 1. The first-order valence-corrected chi connectivity index (χ1v) is 17.6. The van der Waals surface area contributed by atoms with Crippen LogP contribution in [-0.4, -0.2) is 98.6 Å². The summed E-state index contributed by atoms with van der Waals surface area (Å²) in [5.74, 6) is -5.95. The largest absolute Gasteiger partial charge is 0.472 e. The number of anilines is 2. The van der Waals surface area contributed by atoms with Crippen molar-refractivity contribution in [3.8, 4) is 23.1 Å². The number of fused-ring (bicyclic) bond motifs is 6. The molecule has 11 nitrogen and oxygen atoms in total. The van der Waals surface area contributed by atoms with Crippen LogP contribution in [0.3, 0.4) is 0 Å². The summed E-state index contributed by atoms with van der Waals surface area (Å²) < 4.78 is 122. The predicted octanol–water partition coefficient (Wildman–Crippen LogP) is 6.40. The predicted molar refractivity (Wildman–Crippen MR) is 177 cm³/mol. The number of halogens is 7. The molecule has 1 amide bonds. The van der Waals surface area contributed by atoms with Crippen molar-refractivity contribution in [1.82, 2.24) is 24.8 Å². The molecule has 2 aromatic heterocycles. The van der Waals surface area contributed by atoms with Gasteiger partial charge in [0.2, 0.25) is 5.88 Å². The smallest absolute Gasteiger partial charge is 0.419 e. The van der Waals surface area contributed by atoms with E-state index in [1.54, 1.807) is 32.6 Å². The second kappa shape index (κ2) is 12.1. The Labute approximate surface area is 299 Å². The molecule has 6 atom stereocenters. The fraction of sp³-hybridized carbons (Fsp3) is 0.600. The van der Waals surface area contributed by atoms with E-state index < -0.39 is 93.2 Å². The maximum atomic E-state index is 16.9. The van der Waals surface area contributed by atoms with Crippen LogP contribution >= 0.6 is 0 Å². The van der Waals surface area contributed by atoms with Crippen LogP contribution in [0.15, 0.2) is 6.07 Å². The van der Waals surface area contributed by atoms with E-state index >= 15 is 4.39 Å². The Morgan fingerprint density at radius 3 is 2.55 bits per heavy atom. The number of nitrogens with two attached hydrogens (primary N) is 1. The quantitative estimate of drug-likeness (QED) is 0.237. The maximum Gasteiger partial charge on any atom is 0.419 e. The van der Waals surface area contributed by atoms with Crippen LogP contribution in [0.4, 0.5) is 47.0 Å². The Balaban J connectivity index is 1.30. The summed E-state index contributed by atoms with van der Waals surface area (Å²) in [6, 6.07) is -1.34. The Hall–Kier alpha value is -4.35. The number of piperazine rings is 1. The average Bonchev–Trinajstić information content (AvgIpc) is 3.67. The standard InChI is InChI=1S/C35H38F7N7O4/c1-15-28-20-7-6-17(49(20)32(50)53-33(2,3)4)13-48(28)29-21-27(45-31(46-29)51-14-34-8-5-9-47(34)12-16(36)11-34)25(39)26(44-30(21)52-15)18-10-19(43)23(37)24(38)22(18)35(40,41)42/h10,15-17,20,28H,5-9,11-14,43H2,1-4H3/t15-,16+,17+,20-,28+,34-/m0/s1. The van der Waals surface area contributed by atoms with E-state index in [1.807, 2.05) is 9.80 Å². The molecule has 8 rings (SSSR count). The van der Waals surface area contributed by atoms with E-state index in [2.05, 4.69) is 9.97 Å². The molecule has 0 saturated carbocycles. The van der Waals surface area contributed by atoms with Gasteiger partial charge >= 0.3 is 18.3 Å². The van der Waals surface area contributed by atoms with Crippen molar-refractivity contribution >= 4 is 28.5 Å². The van der Waals surface area contributed by atoms with Gasteiger partial charge in [-0.15, -0.1) is 0 Å². The molecule has 0 unspecified atom stereocenters. The van der Waals surface area contributed by atoms with Gasteiger partial charge < -0.3 is 24.8 Å². The highest BCUT2D eigenvalue weighted by molar-refractivity contribution is 5.97. The van der Waals surface area contributed by atoms with Crippen molar-refractivity contribution in [2.45, 2.75) is 108 Å². The summed E-state index contributed by atoms with van der Waals surface area (Å²) in [5, 5.41) is -0.0903. The Morgan fingerprint density at radius 1 is 1.08 bits per heavy atom. The molecule has 2 N–H and O–H groups in total. The van der Waals surface area contributed by atoms with E-state index in [1.165, 1.54) is 0 Å². The molecule has 0 aliphatic carbocycles. The number of rotatable bonds is 4. The number of alkyl halides is 4. The number of carbonyl (C=O) groups excluding carboxylic acids is 1. The summed E-state index contributed by atoms with van der Waals surface area (Å²) in [7, 11) is 0. The highest BCUT2D eigenvalue weighted by Gasteiger charge is 2.54. The molecule has 4 saturated heterocycles. The summed E-state index contributed by atoms with van der Waals surface area (Å²) >= 11 is 0. The van der Waals surface area contributed by atoms with Gasteiger partial charge in [0.05, 0.1) is 29.4 Å². The lowest BCUT2D eigenvalue weighted by molar-refractivity contribution is -0.139. The van der Waals surface area contributed by atoms with E-state index in [4.69, 9.17) is 24.9 Å². The zero-order valence-electron chi connectivity index (χ0n) is 29.4. The van der Waals surface area contributed by atoms with Gasteiger partial charge in [0.1, 0.15) is 52.5 Å². The summed E-state index contributed by atoms with van der Waals surface area (Å²) in [6.07, 6.45) is -5.10. The molecule has 0 radical (unpaired) electrons. The topological polar surface area (TPSA) is 119 Å². The third-order valence-corrected chi connectivity index (χ3v) is 11.1. The highest BCUT2D eigenvalue weighted by atomic mass is 19.4. The zero-order chi connectivity index (χ0) is 37.9. The molecular weight excluding hydrogens is 715 g/mol. The molecule has 1 aromatic carbocycles. The molecule has 0 spiro atoms. The molecular formula is C35H38F7N7O4. The third kappa shape index (κ3) is 5.73. The van der Waals surface area contributed by atoms with Crippen LogP contribution in [0.25, 0.3) is 22.2 Å². The van der Waals surface area contributed by atoms with Crippen LogP contribution < -0.4 is 20.1 Å². The van der Waals surface area contributed by atoms with Crippen LogP contribution in [0.2, 0.25) is 0 Å². The van der Waals surface area contributed by atoms with Gasteiger partial charge in [-0.3, -0.25) is 9.80 Å². The minimum atomic E-state index is -5.49. The van der Waals surface area contributed by atoms with E-state index in [9.17, 15) is 31.1 Å². The van der Waals surface area contributed by atoms with Crippen molar-refractivity contribution in [3.05, 3.63) is 29.1 Å². The molecule has 3 aromatic rings. The van der Waals surface area contributed by atoms with Crippen molar-refractivity contribution < 1.29 is 49.7 Å². The molecule has 53 heavy (non-hydrogen) atoms. The first-order valence-electron chi connectivity index (χ1n) is 17.6. The number of amides is 1. The lowest BCUT2D eigenvalue weighted by Crippen LogP contribution is -2.65. The summed E-state index contributed by atoms with van der Waals surface area (Å²) in [4.78, 5) is 32.2. The van der Waals surface area contributed by atoms with E-state index in [-0.39, 0.29) is 55.3 Å². The number of carbonyl (C=O) groups is 1. The van der Waals surface area contributed by atoms with Crippen LogP contribution in [0.1, 0.15) is 65.4 Å². The Morgan fingerprint density at radius 2 is 1.83 bits per heavy atom. The van der Waals surface area contributed by atoms with Crippen molar-refractivity contribution in [2.24, 2.45) is 0 Å². The number of aromatic nitrogens is 3. The van der Waals surface area contributed by atoms with E-state index in [0.29, 0.717) is 31.9 Å². The second-order valence-electron chi connectivity index (χ2n) is 15.7. The number of nitrogen functional groups attached to an aromatic ring is 1. The number of pyridine rings is 1. The van der Waals surface area contributed by atoms with E-state index in [0.717, 1.165) is 6.42 Å². The number of nitrogens with zero attached hydrogens (tertiary/aromatic N) is 6. The van der Waals surface area contributed by atoms with Gasteiger partial charge in [0.15, 0.2) is 17.5 Å². The van der Waals surface area contributed by atoms with Crippen molar-refractivity contribution in [1.29, 1.82) is 0 Å². The van der Waals surface area contributed by atoms with Crippen LogP contribution in [0.5, 0.6) is 11.9 Å². The number of benzene rings is 1. The first-order chi connectivity index (χ1) is 24.9. The molecule has 2 bridgehead atoms. The molecule has 7 heterocycles. The van der Waals surface area contributed by atoms with Gasteiger partial charge in [-0.05, 0) is 66.0 Å². The lowest BCUT2D eigenvalue weighted by Gasteiger charge is -2.48. The third-order valence-electron chi connectivity index (χ3n) is 11.1. The maximum absolute atomic E-state index is 16.9. The number of hydrogen-bond acceptors (Lipinski definition) is 10. The molecule has 5 aliphatic rings. The Kier molecular flexibility index (Phi) is 8.13. The van der Waals surface area contributed by atoms with Gasteiger partial charge in [-0.25, -0.2) is 27.3 Å². The summed E-state index contributed by atoms with van der Waals surface area (Å²) in [6.45, 7) is 7.99. The first kappa shape index (κ1) is 35.7. The van der Waals surface area contributed by atoms with Gasteiger partial charge in [-0.1, -0.05) is 0 Å². The molecule has 5 aliphatic heterocycles. The normalized spacial score (nSPS) is 28.2. The van der Waals surface area contributed by atoms with Gasteiger partial charge in [0, 0.05) is 25.1 Å². The number of ether oxygens (including phenoxy) is 3.